The van der Waals surface area contributed by atoms with Crippen LogP contribution in [0.1, 0.15) is 78.1 Å². The molecule has 2 N–H and O–H groups in total. The molecule has 3 amide bonds. The Bertz CT molecular complexity index is 776. The van der Waals surface area contributed by atoms with Gasteiger partial charge in [-0.1, -0.05) is 18.2 Å². The van der Waals surface area contributed by atoms with Gasteiger partial charge in [-0.25, -0.2) is 4.79 Å². The maximum Gasteiger partial charge on any atom is 0.408 e. The highest BCUT2D eigenvalue weighted by atomic mass is 16.6. The molecule has 1 aromatic carbocycles. The van der Waals surface area contributed by atoms with Gasteiger partial charge < -0.3 is 20.3 Å². The standard InChI is InChI=1S/C24H39N3O4/c1-14(2)25-21(28)20(19-16(5)12-11-13-17(19)6)27(15(3)4)22(29)18(7)26-23(30)31-24(8,9)10/h11-15,18,20H,1-10H3,(H,25,28)(H,26,30). The molecule has 0 radical (unpaired) electrons. The monoisotopic (exact) mass is 433 g/mol. The second-order valence-electron chi connectivity index (χ2n) is 9.58. The van der Waals surface area contributed by atoms with Crippen LogP contribution < -0.4 is 10.6 Å². The van der Waals surface area contributed by atoms with Gasteiger partial charge in [-0.3, -0.25) is 9.59 Å². The number of nitrogens with one attached hydrogen (secondary N) is 2. The molecule has 0 fully saturated rings. The SMILES string of the molecule is Cc1cccc(C)c1C(C(=O)NC(C)C)N(C(=O)C(C)NC(=O)OC(C)(C)C)C(C)C. The zero-order valence-electron chi connectivity index (χ0n) is 20.6. The fourth-order valence-corrected chi connectivity index (χ4v) is 3.47. The van der Waals surface area contributed by atoms with Crippen molar-refractivity contribution in [3.8, 4) is 0 Å². The molecule has 0 aliphatic carbocycles. The minimum Gasteiger partial charge on any atom is -0.444 e. The molecule has 174 valence electrons. The number of carbonyl (C=O) groups excluding carboxylic acids is 3. The molecule has 0 saturated carbocycles. The first-order valence-corrected chi connectivity index (χ1v) is 10.8. The van der Waals surface area contributed by atoms with Gasteiger partial charge in [0.05, 0.1) is 0 Å². The minimum absolute atomic E-state index is 0.0826. The average Bonchev–Trinajstić information content (AvgIpc) is 2.57. The highest BCUT2D eigenvalue weighted by Gasteiger charge is 2.37. The van der Waals surface area contributed by atoms with E-state index in [2.05, 4.69) is 10.6 Å². The number of ether oxygens (including phenoxy) is 1. The van der Waals surface area contributed by atoms with Gasteiger partial charge in [-0.2, -0.15) is 0 Å². The van der Waals surface area contributed by atoms with E-state index in [1.807, 2.05) is 59.7 Å². The zero-order valence-corrected chi connectivity index (χ0v) is 20.6. The van der Waals surface area contributed by atoms with E-state index in [1.54, 1.807) is 32.6 Å². The molecule has 1 aromatic rings. The molecule has 0 saturated heterocycles. The van der Waals surface area contributed by atoms with Gasteiger partial charge >= 0.3 is 6.09 Å². The van der Waals surface area contributed by atoms with Crippen molar-refractivity contribution < 1.29 is 19.1 Å². The van der Waals surface area contributed by atoms with E-state index in [1.165, 1.54) is 0 Å². The number of aryl methyl sites for hydroxylation is 2. The maximum atomic E-state index is 13.5. The Hall–Kier alpha value is -2.57. The number of benzene rings is 1. The largest absolute Gasteiger partial charge is 0.444 e. The van der Waals surface area contributed by atoms with Gasteiger partial charge in [-0.05, 0) is 85.9 Å². The van der Waals surface area contributed by atoms with Crippen LogP contribution >= 0.6 is 0 Å². The Morgan fingerprint density at radius 1 is 0.935 bits per heavy atom. The average molecular weight is 434 g/mol. The molecule has 0 bridgehead atoms. The van der Waals surface area contributed by atoms with Crippen molar-refractivity contribution in [1.82, 2.24) is 15.5 Å². The summed E-state index contributed by atoms with van der Waals surface area (Å²) in [6, 6.07) is 3.75. The number of rotatable bonds is 7. The summed E-state index contributed by atoms with van der Waals surface area (Å²) in [7, 11) is 0. The van der Waals surface area contributed by atoms with Crippen molar-refractivity contribution in [3.05, 3.63) is 34.9 Å². The fraction of sp³-hybridized carbons (Fsp3) is 0.625. The lowest BCUT2D eigenvalue weighted by Gasteiger charge is -2.38. The summed E-state index contributed by atoms with van der Waals surface area (Å²) >= 11 is 0. The Morgan fingerprint density at radius 2 is 1.45 bits per heavy atom. The van der Waals surface area contributed by atoms with Crippen LogP contribution in [0.2, 0.25) is 0 Å². The van der Waals surface area contributed by atoms with Crippen LogP contribution in [0.4, 0.5) is 4.79 Å². The molecular formula is C24H39N3O4. The third-order valence-electron chi connectivity index (χ3n) is 4.69. The number of carbonyl (C=O) groups is 3. The van der Waals surface area contributed by atoms with E-state index in [0.717, 1.165) is 16.7 Å². The predicted molar refractivity (Wildman–Crippen MR) is 123 cm³/mol. The molecule has 7 nitrogen and oxygen atoms in total. The molecular weight excluding hydrogens is 394 g/mol. The molecule has 0 spiro atoms. The van der Waals surface area contributed by atoms with Crippen molar-refractivity contribution in [2.75, 3.05) is 0 Å². The van der Waals surface area contributed by atoms with Crippen LogP contribution in [0, 0.1) is 13.8 Å². The van der Waals surface area contributed by atoms with Gasteiger partial charge in [0, 0.05) is 12.1 Å². The van der Waals surface area contributed by atoms with Crippen LogP contribution in [-0.4, -0.2) is 46.5 Å². The normalized spacial score (nSPS) is 13.5. The smallest absolute Gasteiger partial charge is 0.408 e. The van der Waals surface area contributed by atoms with Gasteiger partial charge in [0.15, 0.2) is 0 Å². The summed E-state index contributed by atoms with van der Waals surface area (Å²) in [5, 5.41) is 5.55. The number of hydrogen-bond acceptors (Lipinski definition) is 4. The molecule has 0 aliphatic rings. The molecule has 7 heteroatoms. The van der Waals surface area contributed by atoms with Crippen molar-refractivity contribution in [1.29, 1.82) is 0 Å². The summed E-state index contributed by atoms with van der Waals surface area (Å²) < 4.78 is 5.28. The number of alkyl carbamates (subject to hydrolysis) is 1. The van der Waals surface area contributed by atoms with Crippen molar-refractivity contribution >= 4 is 17.9 Å². The quantitative estimate of drug-likeness (QED) is 0.680. The summed E-state index contributed by atoms with van der Waals surface area (Å²) in [6.07, 6.45) is -0.674. The molecule has 1 rings (SSSR count). The third kappa shape index (κ3) is 7.56. The van der Waals surface area contributed by atoms with Crippen LogP contribution in [0.5, 0.6) is 0 Å². The van der Waals surface area contributed by atoms with E-state index in [9.17, 15) is 14.4 Å². The van der Waals surface area contributed by atoms with Crippen molar-refractivity contribution in [2.24, 2.45) is 0 Å². The van der Waals surface area contributed by atoms with Gasteiger partial charge in [-0.15, -0.1) is 0 Å². The lowest BCUT2D eigenvalue weighted by molar-refractivity contribution is -0.144. The molecule has 2 atom stereocenters. The summed E-state index contributed by atoms with van der Waals surface area (Å²) in [5.41, 5.74) is 1.97. The Kier molecular flexibility index (Phi) is 9.09. The van der Waals surface area contributed by atoms with Crippen molar-refractivity contribution in [2.45, 2.75) is 99.0 Å². The summed E-state index contributed by atoms with van der Waals surface area (Å²) in [4.78, 5) is 40.6. The Balaban J connectivity index is 3.38. The van der Waals surface area contributed by atoms with Crippen LogP contribution in [0.15, 0.2) is 18.2 Å². The number of nitrogens with zero attached hydrogens (tertiary/aromatic N) is 1. The van der Waals surface area contributed by atoms with E-state index in [4.69, 9.17) is 4.74 Å². The molecule has 0 aromatic heterocycles. The fourth-order valence-electron chi connectivity index (χ4n) is 3.47. The second-order valence-corrected chi connectivity index (χ2v) is 9.58. The van der Waals surface area contributed by atoms with Gasteiger partial charge in [0.1, 0.15) is 17.7 Å². The number of amides is 3. The van der Waals surface area contributed by atoms with E-state index >= 15 is 0 Å². The van der Waals surface area contributed by atoms with Crippen LogP contribution in [0.25, 0.3) is 0 Å². The lowest BCUT2D eigenvalue weighted by atomic mass is 9.92. The second kappa shape index (κ2) is 10.6. The van der Waals surface area contributed by atoms with Crippen LogP contribution in [0.3, 0.4) is 0 Å². The minimum atomic E-state index is -0.865. The van der Waals surface area contributed by atoms with Gasteiger partial charge in [0.25, 0.3) is 0 Å². The highest BCUT2D eigenvalue weighted by molar-refractivity contribution is 5.92. The highest BCUT2D eigenvalue weighted by Crippen LogP contribution is 2.30. The van der Waals surface area contributed by atoms with E-state index < -0.39 is 23.8 Å². The topological polar surface area (TPSA) is 87.7 Å². The molecule has 0 heterocycles. The maximum absolute atomic E-state index is 13.5. The summed E-state index contributed by atoms with van der Waals surface area (Å²) in [6.45, 7) is 18.2. The van der Waals surface area contributed by atoms with Crippen molar-refractivity contribution in [3.63, 3.8) is 0 Å². The Morgan fingerprint density at radius 3 is 1.87 bits per heavy atom. The third-order valence-corrected chi connectivity index (χ3v) is 4.69. The molecule has 31 heavy (non-hydrogen) atoms. The first-order valence-electron chi connectivity index (χ1n) is 10.8. The predicted octanol–water partition coefficient (Wildman–Crippen LogP) is 4.02. The lowest BCUT2D eigenvalue weighted by Crippen LogP contribution is -2.54. The first kappa shape index (κ1) is 26.5. The summed E-state index contributed by atoms with van der Waals surface area (Å²) in [5.74, 6) is -0.605. The Labute approximate surface area is 186 Å². The van der Waals surface area contributed by atoms with E-state index in [-0.39, 0.29) is 23.9 Å². The molecule has 2 unspecified atom stereocenters. The number of hydrogen-bond donors (Lipinski definition) is 2. The van der Waals surface area contributed by atoms with Crippen LogP contribution in [-0.2, 0) is 14.3 Å². The zero-order chi connectivity index (χ0) is 24.1. The first-order chi connectivity index (χ1) is 14.2. The van der Waals surface area contributed by atoms with E-state index in [0.29, 0.717) is 0 Å². The van der Waals surface area contributed by atoms with Gasteiger partial charge in [0.2, 0.25) is 11.8 Å². The molecule has 0 aliphatic heterocycles.